The first-order chi connectivity index (χ1) is 13.0. The molecule has 4 nitrogen and oxygen atoms in total. The Hall–Kier alpha value is -2.22. The molecule has 0 atom stereocenters. The van der Waals surface area contributed by atoms with Gasteiger partial charge in [-0.3, -0.25) is 9.48 Å². The lowest BCUT2D eigenvalue weighted by Crippen LogP contribution is -2.12. The van der Waals surface area contributed by atoms with E-state index in [9.17, 15) is 9.18 Å². The van der Waals surface area contributed by atoms with Crippen molar-refractivity contribution in [1.29, 1.82) is 0 Å². The lowest BCUT2D eigenvalue weighted by molar-refractivity contribution is 0.103. The van der Waals surface area contributed by atoms with E-state index in [0.29, 0.717) is 25.8 Å². The Bertz CT molecular complexity index is 1160. The number of carbonyl (C=O) groups is 1. The van der Waals surface area contributed by atoms with Crippen LogP contribution in [0, 0.1) is 5.82 Å². The Kier molecular flexibility index (Phi) is 4.99. The molecule has 0 aliphatic rings. The molecule has 2 aromatic carbocycles. The molecule has 0 aliphatic heterocycles. The summed E-state index contributed by atoms with van der Waals surface area (Å²) in [6.07, 6.45) is 1.69. The van der Waals surface area contributed by atoms with Gasteiger partial charge in [-0.1, -0.05) is 48.0 Å². The number of thiophene rings is 1. The number of hydrogen-bond acceptors (Lipinski definition) is 3. The van der Waals surface area contributed by atoms with E-state index >= 15 is 0 Å². The number of hydrogen-bond donors (Lipinski definition) is 1. The molecule has 0 saturated heterocycles. The molecule has 2 heterocycles. The highest BCUT2D eigenvalue weighted by atomic mass is 79.9. The normalized spacial score (nSPS) is 11.1. The molecule has 0 unspecified atom stereocenters. The van der Waals surface area contributed by atoms with Crippen LogP contribution in [-0.4, -0.2) is 15.7 Å². The summed E-state index contributed by atoms with van der Waals surface area (Å²) in [4.78, 5) is 13.1. The van der Waals surface area contributed by atoms with E-state index in [0.717, 1.165) is 10.1 Å². The third kappa shape index (κ3) is 3.63. The standard InChI is InChI=1S/C19H12BrClFN3OS/c20-13-10-25(9-11-5-1-3-7-14(11)22)24-18(13)23-19(26)17-16(21)12-6-2-4-8-15(12)27-17/h1-8,10H,9H2,(H,23,24,26). The minimum absolute atomic E-state index is 0.255. The van der Waals surface area contributed by atoms with Crippen LogP contribution in [0.25, 0.3) is 10.1 Å². The highest BCUT2D eigenvalue weighted by Gasteiger charge is 2.19. The molecule has 0 fully saturated rings. The van der Waals surface area contributed by atoms with E-state index in [4.69, 9.17) is 11.6 Å². The van der Waals surface area contributed by atoms with Crippen LogP contribution in [-0.2, 0) is 6.54 Å². The Morgan fingerprint density at radius 1 is 1.22 bits per heavy atom. The number of amides is 1. The smallest absolute Gasteiger partial charge is 0.268 e. The minimum Gasteiger partial charge on any atom is -0.303 e. The molecule has 2 aromatic heterocycles. The van der Waals surface area contributed by atoms with Crippen LogP contribution in [0.2, 0.25) is 5.02 Å². The van der Waals surface area contributed by atoms with Crippen molar-refractivity contribution >= 4 is 60.7 Å². The number of benzene rings is 2. The van der Waals surface area contributed by atoms with Crippen LogP contribution >= 0.6 is 38.9 Å². The van der Waals surface area contributed by atoms with Gasteiger partial charge in [0.2, 0.25) is 0 Å². The lowest BCUT2D eigenvalue weighted by atomic mass is 10.2. The molecule has 0 bridgehead atoms. The van der Waals surface area contributed by atoms with Crippen molar-refractivity contribution in [2.24, 2.45) is 0 Å². The second-order valence-electron chi connectivity index (χ2n) is 5.81. The number of halogens is 3. The Labute approximate surface area is 171 Å². The number of aromatic nitrogens is 2. The monoisotopic (exact) mass is 463 g/mol. The van der Waals surface area contributed by atoms with Gasteiger partial charge in [0, 0.05) is 21.8 Å². The van der Waals surface area contributed by atoms with Crippen molar-refractivity contribution in [2.75, 3.05) is 5.32 Å². The van der Waals surface area contributed by atoms with Crippen molar-refractivity contribution in [3.63, 3.8) is 0 Å². The average Bonchev–Trinajstić information content (AvgIpc) is 3.17. The van der Waals surface area contributed by atoms with Crippen LogP contribution < -0.4 is 5.32 Å². The molecular formula is C19H12BrClFN3OS. The van der Waals surface area contributed by atoms with Gasteiger partial charge in [0.15, 0.2) is 5.82 Å². The topological polar surface area (TPSA) is 46.9 Å². The van der Waals surface area contributed by atoms with Gasteiger partial charge in [-0.05, 0) is 28.1 Å². The van der Waals surface area contributed by atoms with Crippen LogP contribution in [0.5, 0.6) is 0 Å². The number of carbonyl (C=O) groups excluding carboxylic acids is 1. The van der Waals surface area contributed by atoms with Crippen molar-refractivity contribution in [3.8, 4) is 0 Å². The quantitative estimate of drug-likeness (QED) is 0.405. The third-order valence-corrected chi connectivity index (χ3v) is 6.23. The average molecular weight is 465 g/mol. The minimum atomic E-state index is -0.335. The molecule has 8 heteroatoms. The Balaban J connectivity index is 1.57. The second-order valence-corrected chi connectivity index (χ2v) is 8.09. The molecule has 0 saturated carbocycles. The fourth-order valence-electron chi connectivity index (χ4n) is 2.69. The van der Waals surface area contributed by atoms with Crippen LogP contribution in [0.4, 0.5) is 10.2 Å². The highest BCUT2D eigenvalue weighted by molar-refractivity contribution is 9.10. The largest absolute Gasteiger partial charge is 0.303 e. The van der Waals surface area contributed by atoms with Gasteiger partial charge in [0.05, 0.1) is 16.0 Å². The fraction of sp³-hybridized carbons (Fsp3) is 0.0526. The van der Waals surface area contributed by atoms with Gasteiger partial charge < -0.3 is 5.32 Å². The SMILES string of the molecule is O=C(Nc1nn(Cc2ccccc2F)cc1Br)c1sc2ccccc2c1Cl. The van der Waals surface area contributed by atoms with E-state index < -0.39 is 0 Å². The maximum atomic E-state index is 13.8. The molecule has 1 N–H and O–H groups in total. The summed E-state index contributed by atoms with van der Waals surface area (Å²) >= 11 is 11.1. The van der Waals surface area contributed by atoms with Gasteiger partial charge >= 0.3 is 0 Å². The van der Waals surface area contributed by atoms with E-state index in [1.54, 1.807) is 29.1 Å². The number of anilines is 1. The fourth-order valence-corrected chi connectivity index (χ4v) is 4.52. The number of nitrogens with zero attached hydrogens (tertiary/aromatic N) is 2. The first-order valence-corrected chi connectivity index (χ1v) is 9.96. The number of rotatable bonds is 4. The molecule has 1 amide bonds. The maximum Gasteiger partial charge on any atom is 0.268 e. The molecular weight excluding hydrogens is 453 g/mol. The van der Waals surface area contributed by atoms with Gasteiger partial charge in [-0.25, -0.2) is 4.39 Å². The maximum absolute atomic E-state index is 13.8. The van der Waals surface area contributed by atoms with Crippen LogP contribution in [0.15, 0.2) is 59.2 Å². The van der Waals surface area contributed by atoms with E-state index in [-0.39, 0.29) is 18.3 Å². The Morgan fingerprint density at radius 3 is 2.74 bits per heavy atom. The van der Waals surface area contributed by atoms with Crippen LogP contribution in [0.1, 0.15) is 15.2 Å². The first-order valence-electron chi connectivity index (χ1n) is 7.97. The summed E-state index contributed by atoms with van der Waals surface area (Å²) in [5, 5.41) is 8.36. The van der Waals surface area contributed by atoms with E-state index in [2.05, 4.69) is 26.3 Å². The zero-order chi connectivity index (χ0) is 19.0. The zero-order valence-corrected chi connectivity index (χ0v) is 16.9. The predicted octanol–water partition coefficient (Wildman–Crippen LogP) is 5.95. The predicted molar refractivity (Wildman–Crippen MR) is 110 cm³/mol. The van der Waals surface area contributed by atoms with Crippen LogP contribution in [0.3, 0.4) is 0 Å². The van der Waals surface area contributed by atoms with E-state index in [1.165, 1.54) is 17.4 Å². The van der Waals surface area contributed by atoms with Crippen molar-refractivity contribution in [3.05, 3.63) is 80.5 Å². The summed E-state index contributed by atoms with van der Waals surface area (Å²) in [6.45, 7) is 0.255. The Morgan fingerprint density at radius 2 is 1.96 bits per heavy atom. The molecule has 0 aliphatic carbocycles. The summed E-state index contributed by atoms with van der Waals surface area (Å²) in [7, 11) is 0. The number of nitrogens with one attached hydrogen (secondary N) is 1. The molecule has 136 valence electrons. The molecule has 27 heavy (non-hydrogen) atoms. The number of fused-ring (bicyclic) bond motifs is 1. The summed E-state index contributed by atoms with van der Waals surface area (Å²) in [5.41, 5.74) is 0.512. The van der Waals surface area contributed by atoms with Gasteiger partial charge in [0.1, 0.15) is 10.7 Å². The first kappa shape index (κ1) is 18.2. The van der Waals surface area contributed by atoms with Crippen molar-refractivity contribution in [1.82, 2.24) is 9.78 Å². The molecule has 4 rings (SSSR count). The van der Waals surface area contributed by atoms with Crippen molar-refractivity contribution in [2.45, 2.75) is 6.54 Å². The third-order valence-electron chi connectivity index (χ3n) is 3.98. The van der Waals surface area contributed by atoms with Gasteiger partial charge in [-0.2, -0.15) is 5.10 Å². The van der Waals surface area contributed by atoms with Gasteiger partial charge in [0.25, 0.3) is 5.91 Å². The summed E-state index contributed by atoms with van der Waals surface area (Å²) in [5.74, 6) is -0.283. The second kappa shape index (κ2) is 7.42. The highest BCUT2D eigenvalue weighted by Crippen LogP contribution is 2.35. The van der Waals surface area contributed by atoms with E-state index in [1.807, 2.05) is 24.3 Å². The zero-order valence-electron chi connectivity index (χ0n) is 13.7. The van der Waals surface area contributed by atoms with Gasteiger partial charge in [-0.15, -0.1) is 11.3 Å². The summed E-state index contributed by atoms with van der Waals surface area (Å²) < 4.78 is 16.9. The lowest BCUT2D eigenvalue weighted by Gasteiger charge is -2.03. The summed E-state index contributed by atoms with van der Waals surface area (Å²) in [6, 6.07) is 14.1. The molecule has 0 radical (unpaired) electrons. The van der Waals surface area contributed by atoms with Crippen molar-refractivity contribution < 1.29 is 9.18 Å². The molecule has 4 aromatic rings. The molecule has 0 spiro atoms.